The highest BCUT2D eigenvalue weighted by Gasteiger charge is 2.18. The van der Waals surface area contributed by atoms with Crippen molar-refractivity contribution in [3.05, 3.63) is 23.8 Å². The second-order valence-corrected chi connectivity index (χ2v) is 4.38. The molecule has 1 N–H and O–H groups in total. The van der Waals surface area contributed by atoms with E-state index in [9.17, 15) is 0 Å². The number of aromatic nitrogens is 2. The standard InChI is InChI=1S/C13H23N3/c1-5-7-14-12(6-2)11(4)13-15-8-10(3)9-16-13/h8-9,11-12,14H,5-7H2,1-4H3. The molecule has 2 unspecified atom stereocenters. The van der Waals surface area contributed by atoms with Crippen molar-refractivity contribution in [2.75, 3.05) is 6.54 Å². The van der Waals surface area contributed by atoms with Crippen molar-refractivity contribution in [1.29, 1.82) is 0 Å². The highest BCUT2D eigenvalue weighted by atomic mass is 14.9. The van der Waals surface area contributed by atoms with Crippen LogP contribution in [0.1, 0.15) is 50.9 Å². The summed E-state index contributed by atoms with van der Waals surface area (Å²) in [6.07, 6.45) is 6.06. The third kappa shape index (κ3) is 3.56. The maximum Gasteiger partial charge on any atom is 0.132 e. The summed E-state index contributed by atoms with van der Waals surface area (Å²) in [6, 6.07) is 0.475. The van der Waals surface area contributed by atoms with Gasteiger partial charge in [-0.05, 0) is 31.9 Å². The minimum Gasteiger partial charge on any atom is -0.313 e. The van der Waals surface area contributed by atoms with E-state index in [0.29, 0.717) is 12.0 Å². The summed E-state index contributed by atoms with van der Waals surface area (Å²) >= 11 is 0. The summed E-state index contributed by atoms with van der Waals surface area (Å²) in [5, 5.41) is 3.55. The van der Waals surface area contributed by atoms with Gasteiger partial charge in [-0.1, -0.05) is 20.8 Å². The van der Waals surface area contributed by atoms with Crippen LogP contribution in [0, 0.1) is 6.92 Å². The maximum absolute atomic E-state index is 4.40. The number of nitrogens with one attached hydrogen (secondary N) is 1. The Labute approximate surface area is 98.7 Å². The van der Waals surface area contributed by atoms with Gasteiger partial charge in [0.25, 0.3) is 0 Å². The topological polar surface area (TPSA) is 37.8 Å². The summed E-state index contributed by atoms with van der Waals surface area (Å²) in [4.78, 5) is 8.81. The van der Waals surface area contributed by atoms with Crippen LogP contribution in [0.5, 0.6) is 0 Å². The van der Waals surface area contributed by atoms with Crippen molar-refractivity contribution >= 4 is 0 Å². The van der Waals surface area contributed by atoms with E-state index < -0.39 is 0 Å². The molecule has 0 saturated carbocycles. The second-order valence-electron chi connectivity index (χ2n) is 4.38. The zero-order valence-corrected chi connectivity index (χ0v) is 10.8. The third-order valence-electron chi connectivity index (χ3n) is 2.91. The van der Waals surface area contributed by atoms with Gasteiger partial charge in [0.05, 0.1) is 0 Å². The van der Waals surface area contributed by atoms with Gasteiger partial charge >= 0.3 is 0 Å². The molecule has 1 rings (SSSR count). The highest BCUT2D eigenvalue weighted by molar-refractivity contribution is 5.06. The van der Waals surface area contributed by atoms with Gasteiger partial charge in [-0.15, -0.1) is 0 Å². The van der Waals surface area contributed by atoms with Gasteiger partial charge in [-0.3, -0.25) is 0 Å². The molecule has 1 heterocycles. The molecule has 0 bridgehead atoms. The van der Waals surface area contributed by atoms with Crippen molar-refractivity contribution in [3.8, 4) is 0 Å². The van der Waals surface area contributed by atoms with Gasteiger partial charge in [0, 0.05) is 24.4 Å². The number of hydrogen-bond donors (Lipinski definition) is 1. The average Bonchev–Trinajstić information content (AvgIpc) is 2.30. The van der Waals surface area contributed by atoms with Crippen LogP contribution in [0.3, 0.4) is 0 Å². The largest absolute Gasteiger partial charge is 0.313 e. The van der Waals surface area contributed by atoms with Crippen LogP contribution < -0.4 is 5.32 Å². The molecule has 1 aromatic heterocycles. The molecule has 90 valence electrons. The number of nitrogens with zero attached hydrogens (tertiary/aromatic N) is 2. The predicted octanol–water partition coefficient (Wildman–Crippen LogP) is 2.67. The van der Waals surface area contributed by atoms with E-state index in [1.165, 1.54) is 0 Å². The SMILES string of the molecule is CCCNC(CC)C(C)c1ncc(C)cn1. The molecule has 0 aliphatic rings. The molecular formula is C13H23N3. The molecule has 3 heteroatoms. The van der Waals surface area contributed by atoms with Gasteiger partial charge < -0.3 is 5.32 Å². The Balaban J connectivity index is 2.66. The summed E-state index contributed by atoms with van der Waals surface area (Å²) in [6.45, 7) is 9.67. The van der Waals surface area contributed by atoms with Gasteiger partial charge in [-0.2, -0.15) is 0 Å². The minimum absolute atomic E-state index is 0.372. The fourth-order valence-corrected chi connectivity index (χ4v) is 1.82. The zero-order valence-electron chi connectivity index (χ0n) is 10.8. The van der Waals surface area contributed by atoms with Crippen molar-refractivity contribution < 1.29 is 0 Å². The Morgan fingerprint density at radius 1 is 1.25 bits per heavy atom. The van der Waals surface area contributed by atoms with Gasteiger partial charge in [-0.25, -0.2) is 9.97 Å². The van der Waals surface area contributed by atoms with Gasteiger partial charge in [0.2, 0.25) is 0 Å². The third-order valence-corrected chi connectivity index (χ3v) is 2.91. The normalized spacial score (nSPS) is 14.8. The van der Waals surface area contributed by atoms with E-state index in [-0.39, 0.29) is 0 Å². The number of aryl methyl sites for hydroxylation is 1. The number of hydrogen-bond acceptors (Lipinski definition) is 3. The highest BCUT2D eigenvalue weighted by Crippen LogP contribution is 2.17. The van der Waals surface area contributed by atoms with Crippen molar-refractivity contribution in [1.82, 2.24) is 15.3 Å². The Kier molecular flexibility index (Phi) is 5.39. The molecule has 0 aromatic carbocycles. The molecule has 0 saturated heterocycles. The van der Waals surface area contributed by atoms with E-state index >= 15 is 0 Å². The monoisotopic (exact) mass is 221 g/mol. The Morgan fingerprint density at radius 3 is 2.38 bits per heavy atom. The smallest absolute Gasteiger partial charge is 0.132 e. The van der Waals surface area contributed by atoms with Crippen molar-refractivity contribution in [2.24, 2.45) is 0 Å². The zero-order chi connectivity index (χ0) is 12.0. The fourth-order valence-electron chi connectivity index (χ4n) is 1.82. The lowest BCUT2D eigenvalue weighted by atomic mass is 9.98. The first-order valence-corrected chi connectivity index (χ1v) is 6.21. The molecular weight excluding hydrogens is 198 g/mol. The first kappa shape index (κ1) is 13.1. The van der Waals surface area contributed by atoms with Crippen LogP contribution in [0.25, 0.3) is 0 Å². The molecule has 0 aliphatic carbocycles. The second kappa shape index (κ2) is 6.59. The molecule has 16 heavy (non-hydrogen) atoms. The van der Waals surface area contributed by atoms with E-state index in [1.54, 1.807) is 0 Å². The first-order valence-electron chi connectivity index (χ1n) is 6.21. The van der Waals surface area contributed by atoms with Crippen LogP contribution in [-0.2, 0) is 0 Å². The molecule has 2 atom stereocenters. The van der Waals surface area contributed by atoms with E-state index in [2.05, 4.69) is 36.1 Å². The van der Waals surface area contributed by atoms with Crippen LogP contribution in [0.15, 0.2) is 12.4 Å². The lowest BCUT2D eigenvalue weighted by molar-refractivity contribution is 0.426. The molecule has 0 fully saturated rings. The van der Waals surface area contributed by atoms with Gasteiger partial charge in [0.15, 0.2) is 0 Å². The Bertz CT molecular complexity index is 295. The maximum atomic E-state index is 4.40. The molecule has 0 aliphatic heterocycles. The Morgan fingerprint density at radius 2 is 1.88 bits per heavy atom. The van der Waals surface area contributed by atoms with Crippen LogP contribution >= 0.6 is 0 Å². The van der Waals surface area contributed by atoms with Gasteiger partial charge in [0.1, 0.15) is 5.82 Å². The van der Waals surface area contributed by atoms with Crippen LogP contribution in [0.4, 0.5) is 0 Å². The minimum atomic E-state index is 0.372. The lowest BCUT2D eigenvalue weighted by Gasteiger charge is -2.22. The Hall–Kier alpha value is -0.960. The fraction of sp³-hybridized carbons (Fsp3) is 0.692. The average molecular weight is 221 g/mol. The molecule has 3 nitrogen and oxygen atoms in total. The predicted molar refractivity (Wildman–Crippen MR) is 67.6 cm³/mol. The van der Waals surface area contributed by atoms with Crippen molar-refractivity contribution in [3.63, 3.8) is 0 Å². The lowest BCUT2D eigenvalue weighted by Crippen LogP contribution is -2.34. The van der Waals surface area contributed by atoms with E-state index in [4.69, 9.17) is 0 Å². The molecule has 0 radical (unpaired) electrons. The summed E-state index contributed by atoms with van der Waals surface area (Å²) in [7, 11) is 0. The van der Waals surface area contributed by atoms with E-state index in [1.807, 2.05) is 19.3 Å². The summed E-state index contributed by atoms with van der Waals surface area (Å²) < 4.78 is 0. The molecule has 0 amide bonds. The summed E-state index contributed by atoms with van der Waals surface area (Å²) in [5.41, 5.74) is 1.12. The molecule has 1 aromatic rings. The quantitative estimate of drug-likeness (QED) is 0.802. The first-order chi connectivity index (χ1) is 7.69. The van der Waals surface area contributed by atoms with Crippen LogP contribution in [0.2, 0.25) is 0 Å². The summed E-state index contributed by atoms with van der Waals surface area (Å²) in [5.74, 6) is 1.32. The number of rotatable bonds is 6. The molecule has 0 spiro atoms. The van der Waals surface area contributed by atoms with E-state index in [0.717, 1.165) is 30.8 Å². The van der Waals surface area contributed by atoms with Crippen molar-refractivity contribution in [2.45, 2.75) is 52.5 Å². The van der Waals surface area contributed by atoms with Crippen LogP contribution in [-0.4, -0.2) is 22.6 Å².